The van der Waals surface area contributed by atoms with Crippen LogP contribution < -0.4 is 5.32 Å². The third-order valence-corrected chi connectivity index (χ3v) is 4.65. The molecule has 106 valence electrons. The van der Waals surface area contributed by atoms with Crippen molar-refractivity contribution in [2.45, 2.75) is 43.7 Å². The number of likely N-dealkylation sites (N-methyl/N-ethyl adjacent to an activating group) is 2. The number of rotatable bonds is 4. The summed E-state index contributed by atoms with van der Waals surface area (Å²) >= 11 is 0. The monoisotopic (exact) mass is 264 g/mol. The van der Waals surface area contributed by atoms with Gasteiger partial charge in [-0.3, -0.25) is 0 Å². The lowest BCUT2D eigenvalue weighted by Gasteiger charge is -2.48. The minimum absolute atomic E-state index is 0.0230. The fourth-order valence-electron chi connectivity index (χ4n) is 3.58. The number of hydrogen-bond donors (Lipinski definition) is 1. The van der Waals surface area contributed by atoms with Crippen LogP contribution in [0.4, 0.5) is 4.39 Å². The molecule has 0 bridgehead atoms. The number of nitrogens with zero attached hydrogens (tertiary/aromatic N) is 1. The molecule has 1 atom stereocenters. The van der Waals surface area contributed by atoms with Crippen molar-refractivity contribution < 1.29 is 4.39 Å². The second-order valence-electron chi connectivity index (χ2n) is 5.80. The lowest BCUT2D eigenvalue weighted by molar-refractivity contribution is 0.0581. The van der Waals surface area contributed by atoms with Crippen LogP contribution in [-0.4, -0.2) is 31.6 Å². The van der Waals surface area contributed by atoms with Crippen LogP contribution in [-0.2, 0) is 0 Å². The Morgan fingerprint density at radius 3 is 2.32 bits per heavy atom. The quantitative estimate of drug-likeness (QED) is 0.897. The summed E-state index contributed by atoms with van der Waals surface area (Å²) in [4.78, 5) is 2.29. The largest absolute Gasteiger partial charge is 0.311 e. The fourth-order valence-corrected chi connectivity index (χ4v) is 3.58. The maximum atomic E-state index is 14.2. The normalized spacial score (nSPS) is 20.5. The van der Waals surface area contributed by atoms with Crippen molar-refractivity contribution in [2.24, 2.45) is 0 Å². The number of benzene rings is 1. The van der Waals surface area contributed by atoms with Gasteiger partial charge in [0.15, 0.2) is 0 Å². The van der Waals surface area contributed by atoms with Gasteiger partial charge in [-0.05, 0) is 40.1 Å². The van der Waals surface area contributed by atoms with Crippen LogP contribution in [0.5, 0.6) is 0 Å². The van der Waals surface area contributed by atoms with Crippen LogP contribution >= 0.6 is 0 Å². The van der Waals surface area contributed by atoms with Gasteiger partial charge in [0, 0.05) is 11.1 Å². The highest BCUT2D eigenvalue weighted by atomic mass is 19.1. The molecule has 1 N–H and O–H groups in total. The molecule has 0 saturated heterocycles. The highest BCUT2D eigenvalue weighted by Crippen LogP contribution is 2.42. The molecule has 0 aliphatic heterocycles. The maximum absolute atomic E-state index is 14.2. The third kappa shape index (κ3) is 2.67. The topological polar surface area (TPSA) is 15.3 Å². The first-order valence-electron chi connectivity index (χ1n) is 7.21. The second-order valence-corrected chi connectivity index (χ2v) is 5.80. The van der Waals surface area contributed by atoms with Gasteiger partial charge in [-0.2, -0.15) is 0 Å². The molecule has 0 heterocycles. The van der Waals surface area contributed by atoms with E-state index in [1.54, 1.807) is 12.1 Å². The Labute approximate surface area is 116 Å². The summed E-state index contributed by atoms with van der Waals surface area (Å²) in [5, 5.41) is 3.37. The Morgan fingerprint density at radius 2 is 1.79 bits per heavy atom. The van der Waals surface area contributed by atoms with Crippen molar-refractivity contribution in [1.82, 2.24) is 10.2 Å². The lowest BCUT2D eigenvalue weighted by atomic mass is 9.73. The predicted octanol–water partition coefficient (Wildman–Crippen LogP) is 3.35. The van der Waals surface area contributed by atoms with E-state index in [0.717, 1.165) is 18.4 Å². The summed E-state index contributed by atoms with van der Waals surface area (Å²) < 4.78 is 14.2. The molecule has 1 saturated carbocycles. The van der Waals surface area contributed by atoms with Crippen molar-refractivity contribution in [3.8, 4) is 0 Å². The summed E-state index contributed by atoms with van der Waals surface area (Å²) in [5.74, 6) is -0.103. The van der Waals surface area contributed by atoms with E-state index in [9.17, 15) is 4.39 Å². The van der Waals surface area contributed by atoms with Crippen LogP contribution in [0.2, 0.25) is 0 Å². The molecule has 1 aliphatic rings. The zero-order chi connectivity index (χ0) is 13.9. The predicted molar refractivity (Wildman–Crippen MR) is 77.7 cm³/mol. The van der Waals surface area contributed by atoms with Crippen molar-refractivity contribution in [1.29, 1.82) is 0 Å². The minimum Gasteiger partial charge on any atom is -0.311 e. The van der Waals surface area contributed by atoms with Gasteiger partial charge in [0.1, 0.15) is 5.82 Å². The maximum Gasteiger partial charge on any atom is 0.128 e. The van der Waals surface area contributed by atoms with Crippen LogP contribution in [0.15, 0.2) is 24.3 Å². The molecule has 19 heavy (non-hydrogen) atoms. The molecule has 0 spiro atoms. The van der Waals surface area contributed by atoms with Gasteiger partial charge in [0.05, 0.1) is 6.04 Å². The first-order chi connectivity index (χ1) is 9.12. The minimum atomic E-state index is -0.103. The van der Waals surface area contributed by atoms with E-state index in [1.165, 1.54) is 19.3 Å². The van der Waals surface area contributed by atoms with E-state index < -0.39 is 0 Å². The van der Waals surface area contributed by atoms with E-state index in [0.29, 0.717) is 0 Å². The van der Waals surface area contributed by atoms with Crippen molar-refractivity contribution in [3.05, 3.63) is 35.6 Å². The number of hydrogen-bond acceptors (Lipinski definition) is 2. The molecule has 1 fully saturated rings. The van der Waals surface area contributed by atoms with Gasteiger partial charge in [-0.25, -0.2) is 4.39 Å². The van der Waals surface area contributed by atoms with Crippen molar-refractivity contribution >= 4 is 0 Å². The van der Waals surface area contributed by atoms with Crippen LogP contribution in [0.1, 0.15) is 43.7 Å². The molecule has 0 radical (unpaired) electrons. The fraction of sp³-hybridized carbons (Fsp3) is 0.625. The summed E-state index contributed by atoms with van der Waals surface area (Å²) in [5.41, 5.74) is 0.815. The van der Waals surface area contributed by atoms with Crippen LogP contribution in [0, 0.1) is 5.82 Å². The van der Waals surface area contributed by atoms with E-state index >= 15 is 0 Å². The first kappa shape index (κ1) is 14.5. The Bertz CT molecular complexity index is 411. The summed E-state index contributed by atoms with van der Waals surface area (Å²) in [6, 6.07) is 7.20. The van der Waals surface area contributed by atoms with E-state index in [4.69, 9.17) is 0 Å². The van der Waals surface area contributed by atoms with Gasteiger partial charge < -0.3 is 10.2 Å². The van der Waals surface area contributed by atoms with Crippen LogP contribution in [0.25, 0.3) is 0 Å². The lowest BCUT2D eigenvalue weighted by Crippen LogP contribution is -2.54. The molecule has 1 aromatic rings. The third-order valence-electron chi connectivity index (χ3n) is 4.65. The highest BCUT2D eigenvalue weighted by Gasteiger charge is 2.42. The second kappa shape index (κ2) is 6.02. The molecule has 0 amide bonds. The Balaban J connectivity index is 2.40. The Kier molecular flexibility index (Phi) is 4.58. The zero-order valence-electron chi connectivity index (χ0n) is 12.2. The summed E-state index contributed by atoms with van der Waals surface area (Å²) in [6.07, 6.45) is 6.00. The molecule has 1 aromatic carbocycles. The Hall–Kier alpha value is -0.930. The van der Waals surface area contributed by atoms with Gasteiger partial charge in [-0.15, -0.1) is 0 Å². The van der Waals surface area contributed by atoms with E-state index in [1.807, 2.05) is 19.2 Å². The molecular formula is C16H25FN2. The zero-order valence-corrected chi connectivity index (χ0v) is 12.2. The average Bonchev–Trinajstić information content (AvgIpc) is 2.42. The molecule has 0 aromatic heterocycles. The Morgan fingerprint density at radius 1 is 1.16 bits per heavy atom. The standard InChI is InChI=1S/C16H25FN2/c1-18-15(13-9-5-6-10-14(13)17)16(19(2)3)11-7-4-8-12-16/h5-6,9-10,15,18H,4,7-8,11-12H2,1-3H3. The molecule has 3 heteroatoms. The van der Waals surface area contributed by atoms with E-state index in [-0.39, 0.29) is 17.4 Å². The first-order valence-corrected chi connectivity index (χ1v) is 7.21. The van der Waals surface area contributed by atoms with Gasteiger partial charge in [-0.1, -0.05) is 37.5 Å². The van der Waals surface area contributed by atoms with Gasteiger partial charge >= 0.3 is 0 Å². The van der Waals surface area contributed by atoms with Crippen molar-refractivity contribution in [2.75, 3.05) is 21.1 Å². The molecule has 2 nitrogen and oxygen atoms in total. The van der Waals surface area contributed by atoms with Gasteiger partial charge in [0.2, 0.25) is 0 Å². The van der Waals surface area contributed by atoms with E-state index in [2.05, 4.69) is 24.3 Å². The number of nitrogens with one attached hydrogen (secondary N) is 1. The summed E-state index contributed by atoms with van der Waals surface area (Å²) in [7, 11) is 6.18. The number of halogens is 1. The molecule has 2 rings (SSSR count). The average molecular weight is 264 g/mol. The molecule has 1 unspecified atom stereocenters. The SMILES string of the molecule is CNC(c1ccccc1F)C1(N(C)C)CCCCC1. The summed E-state index contributed by atoms with van der Waals surface area (Å²) in [6.45, 7) is 0. The van der Waals surface area contributed by atoms with Crippen LogP contribution in [0.3, 0.4) is 0 Å². The molecular weight excluding hydrogens is 239 g/mol. The smallest absolute Gasteiger partial charge is 0.128 e. The van der Waals surface area contributed by atoms with Gasteiger partial charge in [0.25, 0.3) is 0 Å². The van der Waals surface area contributed by atoms with Crippen molar-refractivity contribution in [3.63, 3.8) is 0 Å². The molecule has 1 aliphatic carbocycles. The highest BCUT2D eigenvalue weighted by molar-refractivity contribution is 5.25.